The van der Waals surface area contributed by atoms with E-state index in [0.717, 1.165) is 0 Å². The minimum atomic E-state index is -2.89. The maximum atomic E-state index is 12.1. The highest BCUT2D eigenvalue weighted by atomic mass is 19.3. The van der Waals surface area contributed by atoms with Crippen molar-refractivity contribution in [1.82, 2.24) is 0 Å². The lowest BCUT2D eigenvalue weighted by Crippen LogP contribution is -2.02. The number of alkyl halides is 2. The number of esters is 2. The van der Waals surface area contributed by atoms with Crippen molar-refractivity contribution < 1.29 is 37.0 Å². The summed E-state index contributed by atoms with van der Waals surface area (Å²) in [5.74, 6) is -0.480. The second-order valence-corrected chi connectivity index (χ2v) is 5.06. The molecule has 2 rings (SSSR count). The maximum Gasteiger partial charge on any atom is 0.387 e. The van der Waals surface area contributed by atoms with Gasteiger partial charge < -0.3 is 18.6 Å². The molecule has 0 amide bonds. The zero-order valence-electron chi connectivity index (χ0n) is 14.0. The normalized spacial score (nSPS) is 11.0. The Morgan fingerprint density at radius 1 is 1.23 bits per heavy atom. The molecule has 2 aromatic rings. The molecule has 0 saturated heterocycles. The van der Waals surface area contributed by atoms with Gasteiger partial charge in [0.05, 0.1) is 7.11 Å². The van der Waals surface area contributed by atoms with Gasteiger partial charge in [-0.05, 0) is 36.8 Å². The Hall–Kier alpha value is -3.16. The SMILES string of the molecule is COC(=O)c1cc(COC(=O)C=Cc2ccc(OC(F)F)cc2)oc1C. The first kappa shape index (κ1) is 19.2. The average Bonchev–Trinajstić information content (AvgIpc) is 2.99. The summed E-state index contributed by atoms with van der Waals surface area (Å²) < 4.78 is 43.3. The Kier molecular flexibility index (Phi) is 6.48. The predicted octanol–water partition coefficient (Wildman–Crippen LogP) is 3.73. The van der Waals surface area contributed by atoms with E-state index in [1.807, 2.05) is 0 Å². The number of benzene rings is 1. The average molecular weight is 366 g/mol. The Labute approximate surface area is 148 Å². The van der Waals surface area contributed by atoms with Gasteiger partial charge in [-0.3, -0.25) is 0 Å². The van der Waals surface area contributed by atoms with Gasteiger partial charge in [-0.25, -0.2) is 9.59 Å². The topological polar surface area (TPSA) is 75.0 Å². The van der Waals surface area contributed by atoms with Crippen molar-refractivity contribution in [2.45, 2.75) is 20.1 Å². The van der Waals surface area contributed by atoms with Gasteiger partial charge in [0.1, 0.15) is 29.4 Å². The molecule has 1 aromatic carbocycles. The molecule has 0 radical (unpaired) electrons. The summed E-state index contributed by atoms with van der Waals surface area (Å²) in [6.07, 6.45) is 2.64. The lowest BCUT2D eigenvalue weighted by Gasteiger charge is -2.03. The number of hydrogen-bond acceptors (Lipinski definition) is 6. The van der Waals surface area contributed by atoms with Crippen molar-refractivity contribution in [3.63, 3.8) is 0 Å². The Morgan fingerprint density at radius 2 is 1.92 bits per heavy atom. The van der Waals surface area contributed by atoms with Gasteiger partial charge in [0, 0.05) is 6.08 Å². The van der Waals surface area contributed by atoms with Crippen LogP contribution in [0.15, 0.2) is 40.8 Å². The summed E-state index contributed by atoms with van der Waals surface area (Å²) in [5.41, 5.74) is 0.866. The number of furan rings is 1. The molecule has 26 heavy (non-hydrogen) atoms. The van der Waals surface area contributed by atoms with Crippen molar-refractivity contribution in [2.24, 2.45) is 0 Å². The van der Waals surface area contributed by atoms with Crippen LogP contribution in [0.25, 0.3) is 6.08 Å². The van der Waals surface area contributed by atoms with Gasteiger partial charge in [0.2, 0.25) is 0 Å². The molecule has 0 unspecified atom stereocenters. The Balaban J connectivity index is 1.88. The second kappa shape index (κ2) is 8.80. The van der Waals surface area contributed by atoms with E-state index in [1.165, 1.54) is 49.6 Å². The molecule has 0 N–H and O–H groups in total. The van der Waals surface area contributed by atoms with E-state index in [4.69, 9.17) is 9.15 Å². The van der Waals surface area contributed by atoms with Crippen molar-refractivity contribution in [1.29, 1.82) is 0 Å². The molecular weight excluding hydrogens is 350 g/mol. The van der Waals surface area contributed by atoms with Crippen LogP contribution in [0, 0.1) is 6.92 Å². The van der Waals surface area contributed by atoms with Crippen LogP contribution in [0.2, 0.25) is 0 Å². The fourth-order valence-corrected chi connectivity index (χ4v) is 2.04. The zero-order valence-corrected chi connectivity index (χ0v) is 14.0. The third-order valence-corrected chi connectivity index (χ3v) is 3.25. The van der Waals surface area contributed by atoms with Crippen molar-refractivity contribution in [3.8, 4) is 5.75 Å². The number of methoxy groups -OCH3 is 1. The molecule has 0 atom stereocenters. The smallest absolute Gasteiger partial charge is 0.387 e. The molecule has 0 spiro atoms. The number of rotatable bonds is 7. The molecular formula is C18H16F2O6. The van der Waals surface area contributed by atoms with E-state index in [2.05, 4.69) is 9.47 Å². The van der Waals surface area contributed by atoms with Gasteiger partial charge in [0.15, 0.2) is 0 Å². The number of hydrogen-bond donors (Lipinski definition) is 0. The largest absolute Gasteiger partial charge is 0.465 e. The number of aryl methyl sites for hydroxylation is 1. The molecule has 8 heteroatoms. The van der Waals surface area contributed by atoms with E-state index >= 15 is 0 Å². The summed E-state index contributed by atoms with van der Waals surface area (Å²) >= 11 is 0. The number of ether oxygens (including phenoxy) is 3. The molecule has 0 aliphatic rings. The van der Waals surface area contributed by atoms with E-state index in [0.29, 0.717) is 17.1 Å². The highest BCUT2D eigenvalue weighted by Gasteiger charge is 2.15. The maximum absolute atomic E-state index is 12.1. The van der Waals surface area contributed by atoms with E-state index in [9.17, 15) is 18.4 Å². The third kappa shape index (κ3) is 5.44. The van der Waals surface area contributed by atoms with Crippen molar-refractivity contribution >= 4 is 18.0 Å². The first-order valence-electron chi connectivity index (χ1n) is 7.46. The number of halogens is 2. The van der Waals surface area contributed by atoms with Crippen LogP contribution in [0.5, 0.6) is 5.75 Å². The Morgan fingerprint density at radius 3 is 2.54 bits per heavy atom. The molecule has 0 bridgehead atoms. The highest BCUT2D eigenvalue weighted by Crippen LogP contribution is 2.17. The highest BCUT2D eigenvalue weighted by molar-refractivity contribution is 5.90. The summed E-state index contributed by atoms with van der Waals surface area (Å²) in [4.78, 5) is 23.2. The fourth-order valence-electron chi connectivity index (χ4n) is 2.04. The van der Waals surface area contributed by atoms with Gasteiger partial charge in [-0.2, -0.15) is 8.78 Å². The minimum Gasteiger partial charge on any atom is -0.465 e. The van der Waals surface area contributed by atoms with Crippen LogP contribution in [0.3, 0.4) is 0 Å². The van der Waals surface area contributed by atoms with Crippen LogP contribution in [0.1, 0.15) is 27.4 Å². The standard InChI is InChI=1S/C18H16F2O6/c1-11-15(17(22)23-2)9-14(25-11)10-24-16(21)8-5-12-3-6-13(7-4-12)26-18(19)20/h3-9,18H,10H2,1-2H3. The van der Waals surface area contributed by atoms with Gasteiger partial charge in [-0.15, -0.1) is 0 Å². The van der Waals surface area contributed by atoms with E-state index in [1.54, 1.807) is 6.92 Å². The van der Waals surface area contributed by atoms with Crippen molar-refractivity contribution in [3.05, 3.63) is 59.1 Å². The first-order chi connectivity index (χ1) is 12.4. The summed E-state index contributed by atoms with van der Waals surface area (Å²) in [5, 5.41) is 0. The van der Waals surface area contributed by atoms with Gasteiger partial charge in [-0.1, -0.05) is 12.1 Å². The third-order valence-electron chi connectivity index (χ3n) is 3.25. The predicted molar refractivity (Wildman–Crippen MR) is 86.7 cm³/mol. The van der Waals surface area contributed by atoms with E-state index in [-0.39, 0.29) is 17.9 Å². The number of carbonyl (C=O) groups excluding carboxylic acids is 2. The molecule has 1 aromatic heterocycles. The lowest BCUT2D eigenvalue weighted by atomic mass is 10.2. The summed E-state index contributed by atoms with van der Waals surface area (Å²) in [6.45, 7) is -1.45. The zero-order chi connectivity index (χ0) is 19.1. The first-order valence-corrected chi connectivity index (χ1v) is 7.46. The molecule has 0 fully saturated rings. The van der Waals surface area contributed by atoms with E-state index < -0.39 is 18.6 Å². The van der Waals surface area contributed by atoms with Crippen molar-refractivity contribution in [2.75, 3.05) is 7.11 Å². The number of carbonyl (C=O) groups is 2. The Bertz CT molecular complexity index is 793. The van der Waals surface area contributed by atoms with Gasteiger partial charge in [0.25, 0.3) is 0 Å². The van der Waals surface area contributed by atoms with Crippen LogP contribution >= 0.6 is 0 Å². The second-order valence-electron chi connectivity index (χ2n) is 5.06. The monoisotopic (exact) mass is 366 g/mol. The van der Waals surface area contributed by atoms with Gasteiger partial charge >= 0.3 is 18.6 Å². The molecule has 138 valence electrons. The van der Waals surface area contributed by atoms with Crippen LogP contribution in [0.4, 0.5) is 8.78 Å². The minimum absolute atomic E-state index is 0.0225. The van der Waals surface area contributed by atoms with Crippen LogP contribution in [-0.2, 0) is 20.9 Å². The summed E-state index contributed by atoms with van der Waals surface area (Å²) in [7, 11) is 1.26. The molecule has 1 heterocycles. The molecule has 0 saturated carbocycles. The fraction of sp³-hybridized carbons (Fsp3) is 0.222. The van der Waals surface area contributed by atoms with Crippen LogP contribution in [-0.4, -0.2) is 25.7 Å². The quantitative estimate of drug-likeness (QED) is 0.549. The lowest BCUT2D eigenvalue weighted by molar-refractivity contribution is -0.139. The molecule has 0 aliphatic carbocycles. The van der Waals surface area contributed by atoms with Crippen LogP contribution < -0.4 is 4.74 Å². The molecule has 0 aliphatic heterocycles. The summed E-state index contributed by atoms with van der Waals surface area (Å²) in [6, 6.07) is 7.19. The molecule has 6 nitrogen and oxygen atoms in total.